The third kappa shape index (κ3) is 5.23. The van der Waals surface area contributed by atoms with Crippen LogP contribution >= 0.6 is 20.2 Å². The first-order valence-corrected chi connectivity index (χ1v) is 13.4. The lowest BCUT2D eigenvalue weighted by Crippen LogP contribution is -2.28. The molecule has 0 aliphatic heterocycles. The Morgan fingerprint density at radius 1 is 0.708 bits per heavy atom. The lowest BCUT2D eigenvalue weighted by Gasteiger charge is -2.30. The molecule has 0 heterocycles. The molecule has 0 atom stereocenters. The number of nitrogens with one attached hydrogen (secondary N) is 2. The average Bonchev–Trinajstić information content (AvgIpc) is 2.54. The van der Waals surface area contributed by atoms with Gasteiger partial charge in [-0.25, -0.2) is 16.8 Å². The minimum atomic E-state index is -3.72. The summed E-state index contributed by atoms with van der Waals surface area (Å²) in [6.07, 6.45) is 3.32. The van der Waals surface area contributed by atoms with E-state index in [1.54, 1.807) is 48.9 Å². The monoisotopic (exact) mass is 406 g/mol. The third-order valence-electron chi connectivity index (χ3n) is 2.77. The second kappa shape index (κ2) is 7.46. The zero-order valence-corrected chi connectivity index (χ0v) is 16.3. The molecule has 0 fully saturated rings. The van der Waals surface area contributed by atoms with E-state index < -0.39 is 29.3 Å². The fourth-order valence-electron chi connectivity index (χ4n) is 1.71. The summed E-state index contributed by atoms with van der Waals surface area (Å²) < 4.78 is 54.1. The summed E-state index contributed by atoms with van der Waals surface area (Å²) in [5, 5.41) is 0. The zero-order valence-electron chi connectivity index (χ0n) is 13.0. The molecule has 132 valence electrons. The van der Waals surface area contributed by atoms with Crippen molar-refractivity contribution in [3.63, 3.8) is 0 Å². The van der Waals surface area contributed by atoms with Crippen LogP contribution in [-0.4, -0.2) is 29.3 Å². The summed E-state index contributed by atoms with van der Waals surface area (Å²) in [5.74, 6) is 0. The summed E-state index contributed by atoms with van der Waals surface area (Å²) in [7, 11) is -8.62. The predicted molar refractivity (Wildman–Crippen MR) is 101 cm³/mol. The van der Waals surface area contributed by atoms with Gasteiger partial charge in [-0.3, -0.25) is 0 Å². The number of benzene rings is 2. The van der Waals surface area contributed by atoms with Crippen LogP contribution in [0.15, 0.2) is 70.5 Å². The molecule has 0 saturated heterocycles. The Hall–Kier alpha value is -1.04. The van der Waals surface area contributed by atoms with Gasteiger partial charge in [0.05, 0.1) is 9.79 Å². The molecule has 0 radical (unpaired) electrons. The Kier molecular flexibility index (Phi) is 6.00. The van der Waals surface area contributed by atoms with E-state index in [0.29, 0.717) is 0 Å². The van der Waals surface area contributed by atoms with Crippen LogP contribution in [0.2, 0.25) is 0 Å². The number of rotatable bonds is 7. The van der Waals surface area contributed by atoms with E-state index in [4.69, 9.17) is 0 Å². The molecule has 2 rings (SSSR count). The normalized spacial score (nSPS) is 13.6. The maximum Gasteiger partial charge on any atom is 0.250 e. The van der Waals surface area contributed by atoms with Crippen LogP contribution in [0.1, 0.15) is 0 Å². The Labute approximate surface area is 148 Å². The molecule has 0 aliphatic rings. The average molecular weight is 407 g/mol. The molecular formula is C14H18N2O4S4. The first-order valence-electron chi connectivity index (χ1n) is 6.70. The molecule has 6 nitrogen and oxygen atoms in total. The molecule has 0 bridgehead atoms. The summed E-state index contributed by atoms with van der Waals surface area (Å²) in [6.45, 7) is 0. The maximum absolute atomic E-state index is 12.4. The maximum atomic E-state index is 12.4. The van der Waals surface area contributed by atoms with E-state index in [2.05, 4.69) is 8.25 Å². The van der Waals surface area contributed by atoms with Crippen molar-refractivity contribution in [1.29, 1.82) is 0 Å². The molecule has 10 heteroatoms. The van der Waals surface area contributed by atoms with Crippen molar-refractivity contribution in [2.75, 3.05) is 12.5 Å². The summed E-state index contributed by atoms with van der Waals surface area (Å²) in [6, 6.07) is 15.8. The summed E-state index contributed by atoms with van der Waals surface area (Å²) in [4.78, 5) is 0.260. The van der Waals surface area contributed by atoms with Gasteiger partial charge in [0.2, 0.25) is 20.0 Å². The Bertz CT molecular complexity index is 883. The van der Waals surface area contributed by atoms with Gasteiger partial charge in [0.1, 0.15) is 0 Å². The van der Waals surface area contributed by atoms with E-state index in [-0.39, 0.29) is 9.79 Å². The second-order valence-electron chi connectivity index (χ2n) is 5.12. The van der Waals surface area contributed by atoms with Gasteiger partial charge in [-0.05, 0) is 47.8 Å². The van der Waals surface area contributed by atoms with Gasteiger partial charge < -0.3 is 0 Å². The number of hydrogen-bond acceptors (Lipinski definition) is 5. The van der Waals surface area contributed by atoms with Crippen LogP contribution in [0.25, 0.3) is 0 Å². The molecule has 0 aromatic heterocycles. The third-order valence-corrected chi connectivity index (χ3v) is 11.1. The van der Waals surface area contributed by atoms with E-state index in [1.165, 1.54) is 24.3 Å². The van der Waals surface area contributed by atoms with Crippen LogP contribution in [0.5, 0.6) is 0 Å². The second-order valence-corrected chi connectivity index (χ2v) is 15.0. The van der Waals surface area contributed by atoms with Crippen LogP contribution < -0.4 is 8.25 Å². The zero-order chi connectivity index (χ0) is 17.8. The van der Waals surface area contributed by atoms with Crippen LogP contribution in [0.3, 0.4) is 0 Å². The van der Waals surface area contributed by atoms with Crippen molar-refractivity contribution in [2.24, 2.45) is 0 Å². The molecule has 2 aromatic rings. The van der Waals surface area contributed by atoms with Crippen LogP contribution in [0, 0.1) is 0 Å². The van der Waals surface area contributed by atoms with E-state index in [9.17, 15) is 16.8 Å². The number of hydrogen-bond donors (Lipinski definition) is 2. The van der Waals surface area contributed by atoms with Gasteiger partial charge in [0.25, 0.3) is 0 Å². The standard InChI is InChI=1S/C14H18N2O4S4/c1-22(2,16-24(19,20)14-11-7-4-8-12-14)21-15-23(17,18)13-9-5-3-6-10-13/h3-12,15-16H,1-2H3. The van der Waals surface area contributed by atoms with Gasteiger partial charge in [0, 0.05) is 0 Å². The Morgan fingerprint density at radius 3 is 1.58 bits per heavy atom. The van der Waals surface area contributed by atoms with Crippen molar-refractivity contribution in [1.82, 2.24) is 8.25 Å². The lowest BCUT2D eigenvalue weighted by molar-refractivity contribution is 0.592. The lowest BCUT2D eigenvalue weighted by atomic mass is 10.4. The van der Waals surface area contributed by atoms with Gasteiger partial charge in [-0.2, -0.15) is 4.13 Å². The molecule has 0 amide bonds. The van der Waals surface area contributed by atoms with Gasteiger partial charge in [-0.15, -0.1) is 13.4 Å². The molecule has 2 aromatic carbocycles. The molecule has 0 unspecified atom stereocenters. The SMILES string of the molecule is CS(C)(NS(=O)(=O)c1ccccc1)SNS(=O)(=O)c1ccccc1. The van der Waals surface area contributed by atoms with E-state index >= 15 is 0 Å². The van der Waals surface area contributed by atoms with E-state index in [1.807, 2.05) is 0 Å². The van der Waals surface area contributed by atoms with Gasteiger partial charge in [-0.1, -0.05) is 36.4 Å². The molecule has 0 spiro atoms. The molecule has 0 aliphatic carbocycles. The van der Waals surface area contributed by atoms with Crippen molar-refractivity contribution < 1.29 is 16.8 Å². The van der Waals surface area contributed by atoms with Crippen molar-refractivity contribution in [3.05, 3.63) is 60.7 Å². The molecule has 24 heavy (non-hydrogen) atoms. The fraction of sp³-hybridized carbons (Fsp3) is 0.143. The minimum Gasteiger partial charge on any atom is -0.206 e. The highest BCUT2D eigenvalue weighted by atomic mass is 33.2. The van der Waals surface area contributed by atoms with E-state index in [0.717, 1.165) is 11.0 Å². The van der Waals surface area contributed by atoms with Crippen LogP contribution in [0.4, 0.5) is 0 Å². The molecule has 0 saturated carbocycles. The molecule has 2 N–H and O–H groups in total. The number of sulfonamides is 2. The van der Waals surface area contributed by atoms with Crippen molar-refractivity contribution >= 4 is 40.3 Å². The highest BCUT2D eigenvalue weighted by Crippen LogP contribution is 2.49. The fourth-order valence-corrected chi connectivity index (χ4v) is 10.2. The largest absolute Gasteiger partial charge is 0.250 e. The van der Waals surface area contributed by atoms with Crippen molar-refractivity contribution in [3.8, 4) is 0 Å². The van der Waals surface area contributed by atoms with Crippen LogP contribution in [-0.2, 0) is 20.0 Å². The quantitative estimate of drug-likeness (QED) is 0.544. The summed E-state index contributed by atoms with van der Waals surface area (Å²) in [5.41, 5.74) is 0. The first-order chi connectivity index (χ1) is 11.1. The summed E-state index contributed by atoms with van der Waals surface area (Å²) >= 11 is 0. The molecular weight excluding hydrogens is 388 g/mol. The smallest absolute Gasteiger partial charge is 0.206 e. The Balaban J connectivity index is 2.09. The highest BCUT2D eigenvalue weighted by molar-refractivity contribution is 8.93. The van der Waals surface area contributed by atoms with Gasteiger partial charge >= 0.3 is 0 Å². The van der Waals surface area contributed by atoms with Gasteiger partial charge in [0.15, 0.2) is 0 Å². The predicted octanol–water partition coefficient (Wildman–Crippen LogP) is 2.49. The van der Waals surface area contributed by atoms with Crippen molar-refractivity contribution in [2.45, 2.75) is 9.79 Å². The minimum absolute atomic E-state index is 0.124. The Morgan fingerprint density at radius 2 is 1.12 bits per heavy atom. The first kappa shape index (κ1) is 19.3. The topological polar surface area (TPSA) is 92.3 Å². The highest BCUT2D eigenvalue weighted by Gasteiger charge is 2.25.